The van der Waals surface area contributed by atoms with Gasteiger partial charge in [0.25, 0.3) is 0 Å². The predicted molar refractivity (Wildman–Crippen MR) is 50.8 cm³/mol. The van der Waals surface area contributed by atoms with Crippen LogP contribution in [-0.2, 0) is 9.53 Å². The minimum Gasteiger partial charge on any atom is -0.380 e. The standard InChI is InChI=1S/C11H16F2O2/c12-11(13)2-1-9(6-11)5-10(7-14)3-4-15-8-10/h7,9H,1-6,8H2. The minimum atomic E-state index is -2.51. The largest absolute Gasteiger partial charge is 0.380 e. The van der Waals surface area contributed by atoms with Crippen LogP contribution in [0.4, 0.5) is 8.78 Å². The zero-order valence-corrected chi connectivity index (χ0v) is 8.68. The Labute approximate surface area is 88.0 Å². The van der Waals surface area contributed by atoms with E-state index < -0.39 is 11.3 Å². The van der Waals surface area contributed by atoms with Gasteiger partial charge in [0.05, 0.1) is 12.0 Å². The van der Waals surface area contributed by atoms with Gasteiger partial charge in [-0.2, -0.15) is 0 Å². The molecule has 15 heavy (non-hydrogen) atoms. The summed E-state index contributed by atoms with van der Waals surface area (Å²) in [5.41, 5.74) is -0.467. The van der Waals surface area contributed by atoms with Crippen LogP contribution in [0, 0.1) is 11.3 Å². The molecule has 0 radical (unpaired) electrons. The molecule has 1 saturated heterocycles. The van der Waals surface area contributed by atoms with Crippen molar-refractivity contribution in [2.45, 2.75) is 38.0 Å². The maximum absolute atomic E-state index is 13.0. The number of carbonyl (C=O) groups excluding carboxylic acids is 1. The number of ether oxygens (including phenoxy) is 1. The average molecular weight is 218 g/mol. The van der Waals surface area contributed by atoms with Crippen LogP contribution in [-0.4, -0.2) is 25.4 Å². The highest BCUT2D eigenvalue weighted by atomic mass is 19.3. The van der Waals surface area contributed by atoms with Crippen LogP contribution in [0.3, 0.4) is 0 Å². The molecule has 2 unspecified atom stereocenters. The summed E-state index contributed by atoms with van der Waals surface area (Å²) >= 11 is 0. The summed E-state index contributed by atoms with van der Waals surface area (Å²) in [6.07, 6.45) is 2.65. The summed E-state index contributed by atoms with van der Waals surface area (Å²) in [6, 6.07) is 0. The van der Waals surface area contributed by atoms with Gasteiger partial charge in [0, 0.05) is 19.4 Å². The van der Waals surface area contributed by atoms with Gasteiger partial charge in [0.15, 0.2) is 0 Å². The van der Waals surface area contributed by atoms with E-state index in [1.165, 1.54) is 0 Å². The first-order valence-corrected chi connectivity index (χ1v) is 5.47. The zero-order valence-electron chi connectivity index (χ0n) is 8.68. The van der Waals surface area contributed by atoms with Crippen molar-refractivity contribution < 1.29 is 18.3 Å². The van der Waals surface area contributed by atoms with Gasteiger partial charge in [-0.15, -0.1) is 0 Å². The van der Waals surface area contributed by atoms with E-state index in [0.717, 1.165) is 6.29 Å². The lowest BCUT2D eigenvalue weighted by Crippen LogP contribution is -2.26. The molecule has 0 bridgehead atoms. The Kier molecular flexibility index (Phi) is 2.79. The summed E-state index contributed by atoms with van der Waals surface area (Å²) < 4.78 is 31.2. The lowest BCUT2D eigenvalue weighted by Gasteiger charge is -2.23. The van der Waals surface area contributed by atoms with Gasteiger partial charge in [-0.3, -0.25) is 0 Å². The fourth-order valence-corrected chi connectivity index (χ4v) is 2.72. The number of alkyl halides is 2. The second kappa shape index (κ2) is 3.81. The Balaban J connectivity index is 1.94. The van der Waals surface area contributed by atoms with Crippen molar-refractivity contribution in [3.63, 3.8) is 0 Å². The highest BCUT2D eigenvalue weighted by Crippen LogP contribution is 2.45. The van der Waals surface area contributed by atoms with Crippen LogP contribution in [0.15, 0.2) is 0 Å². The Morgan fingerprint density at radius 1 is 1.40 bits per heavy atom. The van der Waals surface area contributed by atoms with Crippen molar-refractivity contribution >= 4 is 6.29 Å². The normalized spacial score (nSPS) is 39.5. The molecule has 1 aliphatic heterocycles. The molecule has 0 aromatic rings. The monoisotopic (exact) mass is 218 g/mol. The van der Waals surface area contributed by atoms with Gasteiger partial charge in [0.2, 0.25) is 5.92 Å². The fourth-order valence-electron chi connectivity index (χ4n) is 2.72. The van der Waals surface area contributed by atoms with Crippen LogP contribution in [0.25, 0.3) is 0 Å². The molecule has 1 saturated carbocycles. The molecule has 0 N–H and O–H groups in total. The molecule has 2 atom stereocenters. The molecule has 0 spiro atoms. The first kappa shape index (κ1) is 11.0. The Hall–Kier alpha value is -0.510. The van der Waals surface area contributed by atoms with Crippen molar-refractivity contribution in [1.82, 2.24) is 0 Å². The first-order chi connectivity index (χ1) is 7.05. The number of aldehydes is 1. The highest BCUT2D eigenvalue weighted by Gasteiger charge is 2.44. The van der Waals surface area contributed by atoms with Crippen LogP contribution in [0.1, 0.15) is 32.1 Å². The molecule has 2 aliphatic rings. The smallest absolute Gasteiger partial charge is 0.248 e. The first-order valence-electron chi connectivity index (χ1n) is 5.47. The quantitative estimate of drug-likeness (QED) is 0.680. The number of hydrogen-bond donors (Lipinski definition) is 0. The maximum atomic E-state index is 13.0. The molecular weight excluding hydrogens is 202 g/mol. The minimum absolute atomic E-state index is 0.00750. The second-order valence-electron chi connectivity index (χ2n) is 4.95. The molecular formula is C11H16F2O2. The van der Waals surface area contributed by atoms with Crippen molar-refractivity contribution in [2.75, 3.05) is 13.2 Å². The van der Waals surface area contributed by atoms with Gasteiger partial charge in [-0.1, -0.05) is 0 Å². The molecule has 2 fully saturated rings. The van der Waals surface area contributed by atoms with E-state index in [4.69, 9.17) is 4.74 Å². The predicted octanol–water partition coefficient (Wildman–Crippen LogP) is 2.42. The van der Waals surface area contributed by atoms with Gasteiger partial charge < -0.3 is 9.53 Å². The van der Waals surface area contributed by atoms with Crippen molar-refractivity contribution in [1.29, 1.82) is 0 Å². The van der Waals surface area contributed by atoms with E-state index in [-0.39, 0.29) is 18.8 Å². The third-order valence-corrected chi connectivity index (χ3v) is 3.58. The van der Waals surface area contributed by atoms with E-state index >= 15 is 0 Å². The van der Waals surface area contributed by atoms with Crippen molar-refractivity contribution in [3.8, 4) is 0 Å². The molecule has 4 heteroatoms. The van der Waals surface area contributed by atoms with Crippen LogP contribution >= 0.6 is 0 Å². The van der Waals surface area contributed by atoms with E-state index in [1.807, 2.05) is 0 Å². The molecule has 1 heterocycles. The lowest BCUT2D eigenvalue weighted by atomic mass is 9.79. The van der Waals surface area contributed by atoms with Gasteiger partial charge in [0.1, 0.15) is 6.29 Å². The van der Waals surface area contributed by atoms with E-state index in [2.05, 4.69) is 0 Å². The van der Waals surface area contributed by atoms with Gasteiger partial charge in [-0.05, 0) is 25.2 Å². The Morgan fingerprint density at radius 3 is 2.67 bits per heavy atom. The summed E-state index contributed by atoms with van der Waals surface area (Å²) in [6.45, 7) is 1.00. The Morgan fingerprint density at radius 2 is 2.20 bits per heavy atom. The maximum Gasteiger partial charge on any atom is 0.248 e. The SMILES string of the molecule is O=CC1(CC2CCC(F)(F)C2)CCOC1. The molecule has 1 aliphatic carbocycles. The van der Waals surface area contributed by atoms with E-state index in [9.17, 15) is 13.6 Å². The zero-order chi connectivity index (χ0) is 10.9. The highest BCUT2D eigenvalue weighted by molar-refractivity contribution is 5.60. The summed E-state index contributed by atoms with van der Waals surface area (Å²) in [5, 5.41) is 0. The van der Waals surface area contributed by atoms with Gasteiger partial charge in [-0.25, -0.2) is 8.78 Å². The molecule has 2 rings (SSSR count). The molecule has 0 aromatic carbocycles. The van der Waals surface area contributed by atoms with Crippen LogP contribution in [0.2, 0.25) is 0 Å². The number of carbonyl (C=O) groups is 1. The summed E-state index contributed by atoms with van der Waals surface area (Å²) in [7, 11) is 0. The lowest BCUT2D eigenvalue weighted by molar-refractivity contribution is -0.117. The number of hydrogen-bond acceptors (Lipinski definition) is 2. The van der Waals surface area contributed by atoms with Gasteiger partial charge >= 0.3 is 0 Å². The number of halogens is 2. The Bertz CT molecular complexity index is 247. The molecule has 86 valence electrons. The number of rotatable bonds is 3. The van der Waals surface area contributed by atoms with Crippen LogP contribution in [0.5, 0.6) is 0 Å². The average Bonchev–Trinajstić information content (AvgIpc) is 2.75. The third kappa shape index (κ3) is 2.36. The molecule has 2 nitrogen and oxygen atoms in total. The fraction of sp³-hybridized carbons (Fsp3) is 0.909. The van der Waals surface area contributed by atoms with Crippen molar-refractivity contribution in [3.05, 3.63) is 0 Å². The van der Waals surface area contributed by atoms with E-state index in [1.54, 1.807) is 0 Å². The molecule has 0 aromatic heterocycles. The van der Waals surface area contributed by atoms with Crippen LogP contribution < -0.4 is 0 Å². The molecule has 0 amide bonds. The third-order valence-electron chi connectivity index (χ3n) is 3.58. The van der Waals surface area contributed by atoms with E-state index in [0.29, 0.717) is 32.5 Å². The summed E-state index contributed by atoms with van der Waals surface area (Å²) in [4.78, 5) is 11.0. The second-order valence-corrected chi connectivity index (χ2v) is 4.95. The summed E-state index contributed by atoms with van der Waals surface area (Å²) in [5.74, 6) is -2.51. The van der Waals surface area contributed by atoms with Crippen molar-refractivity contribution in [2.24, 2.45) is 11.3 Å². The topological polar surface area (TPSA) is 26.3 Å².